The van der Waals surface area contributed by atoms with E-state index in [0.29, 0.717) is 18.5 Å². The SMILES string of the molecule is C=C(NC1CC(N)C(CC2OC(CNCC)CCC2N)C(N)C1OC(C)C)C(C#N)CC. The maximum absolute atomic E-state index is 9.40. The second-order valence-corrected chi connectivity index (χ2v) is 9.74. The van der Waals surface area contributed by atoms with Crippen LogP contribution in [0.3, 0.4) is 0 Å². The summed E-state index contributed by atoms with van der Waals surface area (Å²) in [6, 6.07) is 1.83. The zero-order valence-electron chi connectivity index (χ0n) is 20.4. The van der Waals surface area contributed by atoms with Gasteiger partial charge in [-0.05, 0) is 58.4 Å². The average molecular weight is 451 g/mol. The number of hydrogen-bond donors (Lipinski definition) is 5. The summed E-state index contributed by atoms with van der Waals surface area (Å²) in [5.74, 6) is -0.209. The Morgan fingerprint density at radius 2 is 1.94 bits per heavy atom. The number of ether oxygens (including phenoxy) is 2. The molecule has 0 amide bonds. The maximum Gasteiger partial charge on any atom is 0.0933 e. The van der Waals surface area contributed by atoms with E-state index in [4.69, 9.17) is 26.7 Å². The highest BCUT2D eigenvalue weighted by molar-refractivity contribution is 5.12. The molecule has 8 nitrogen and oxygen atoms in total. The van der Waals surface area contributed by atoms with Crippen molar-refractivity contribution in [2.24, 2.45) is 29.0 Å². The van der Waals surface area contributed by atoms with Crippen LogP contribution in [0.4, 0.5) is 0 Å². The number of nitrogens with one attached hydrogen (secondary N) is 2. The minimum atomic E-state index is -0.265. The highest BCUT2D eigenvalue weighted by atomic mass is 16.5. The Kier molecular flexibility index (Phi) is 10.9. The van der Waals surface area contributed by atoms with E-state index < -0.39 is 0 Å². The van der Waals surface area contributed by atoms with Gasteiger partial charge in [-0.25, -0.2) is 0 Å². The maximum atomic E-state index is 9.40. The van der Waals surface area contributed by atoms with E-state index in [-0.39, 0.29) is 60.4 Å². The number of hydrogen-bond acceptors (Lipinski definition) is 8. The van der Waals surface area contributed by atoms with Gasteiger partial charge in [0, 0.05) is 30.4 Å². The Balaban J connectivity index is 2.11. The molecule has 0 aromatic rings. The van der Waals surface area contributed by atoms with Gasteiger partial charge in [-0.3, -0.25) is 0 Å². The van der Waals surface area contributed by atoms with Gasteiger partial charge in [0.1, 0.15) is 0 Å². The first-order chi connectivity index (χ1) is 15.2. The van der Waals surface area contributed by atoms with Crippen molar-refractivity contribution in [2.45, 2.75) is 108 Å². The van der Waals surface area contributed by atoms with E-state index in [2.05, 4.69) is 30.2 Å². The molecule has 2 rings (SSSR count). The molecule has 0 bridgehead atoms. The molecule has 0 aromatic carbocycles. The Morgan fingerprint density at radius 1 is 1.22 bits per heavy atom. The molecule has 1 aliphatic carbocycles. The lowest BCUT2D eigenvalue weighted by molar-refractivity contribution is -0.0926. The molecule has 9 unspecified atom stereocenters. The molecule has 1 heterocycles. The summed E-state index contributed by atoms with van der Waals surface area (Å²) in [7, 11) is 0. The van der Waals surface area contributed by atoms with Gasteiger partial charge in [0.15, 0.2) is 0 Å². The van der Waals surface area contributed by atoms with Gasteiger partial charge < -0.3 is 37.3 Å². The summed E-state index contributed by atoms with van der Waals surface area (Å²) < 4.78 is 12.6. The second kappa shape index (κ2) is 12.9. The van der Waals surface area contributed by atoms with Crippen LogP contribution in [0, 0.1) is 23.2 Å². The monoisotopic (exact) mass is 450 g/mol. The van der Waals surface area contributed by atoms with Crippen molar-refractivity contribution >= 4 is 0 Å². The highest BCUT2D eigenvalue weighted by Gasteiger charge is 2.45. The van der Waals surface area contributed by atoms with Gasteiger partial charge >= 0.3 is 0 Å². The number of likely N-dealkylation sites (N-methyl/N-ethyl adjacent to an activating group) is 1. The Labute approximate surface area is 194 Å². The van der Waals surface area contributed by atoms with Crippen LogP contribution in [0.15, 0.2) is 12.3 Å². The third-order valence-electron chi connectivity index (χ3n) is 6.92. The first-order valence-corrected chi connectivity index (χ1v) is 12.3. The zero-order valence-corrected chi connectivity index (χ0v) is 20.4. The molecule has 0 radical (unpaired) electrons. The first kappa shape index (κ1) is 27.0. The molecule has 1 aliphatic heterocycles. The number of nitrogens with two attached hydrogens (primary N) is 3. The molecule has 0 spiro atoms. The fraction of sp³-hybridized carbons (Fsp3) is 0.875. The van der Waals surface area contributed by atoms with E-state index in [1.165, 1.54) is 0 Å². The lowest BCUT2D eigenvalue weighted by Crippen LogP contribution is -2.65. The van der Waals surface area contributed by atoms with Gasteiger partial charge in [-0.2, -0.15) is 5.26 Å². The molecule has 184 valence electrons. The Morgan fingerprint density at radius 3 is 2.53 bits per heavy atom. The molecule has 8 N–H and O–H groups in total. The van der Waals surface area contributed by atoms with Gasteiger partial charge in [-0.1, -0.05) is 20.4 Å². The predicted octanol–water partition coefficient (Wildman–Crippen LogP) is 1.35. The van der Waals surface area contributed by atoms with Gasteiger partial charge in [-0.15, -0.1) is 0 Å². The van der Waals surface area contributed by atoms with Gasteiger partial charge in [0.05, 0.1) is 42.4 Å². The third-order valence-corrected chi connectivity index (χ3v) is 6.92. The first-order valence-electron chi connectivity index (χ1n) is 12.3. The van der Waals surface area contributed by atoms with Crippen LogP contribution in [-0.4, -0.2) is 61.7 Å². The standard InChI is InChI=1S/C24H46N6O2/c1-6-16(12-25)15(5)30-21-11-20(27)18(23(28)24(21)31-14(3)4)10-22-19(26)9-8-17(32-22)13-29-7-2/h14,16-24,29-30H,5-11,13,26-28H2,1-4H3. The molecule has 0 aromatic heterocycles. The van der Waals surface area contributed by atoms with Crippen LogP contribution in [0.25, 0.3) is 0 Å². The van der Waals surface area contributed by atoms with Crippen molar-refractivity contribution in [3.05, 3.63) is 12.3 Å². The molecular weight excluding hydrogens is 404 g/mol. The van der Waals surface area contributed by atoms with Crippen LogP contribution in [-0.2, 0) is 9.47 Å². The summed E-state index contributed by atoms with van der Waals surface area (Å²) in [5.41, 5.74) is 20.6. The van der Waals surface area contributed by atoms with E-state index >= 15 is 0 Å². The molecule has 9 atom stereocenters. The van der Waals surface area contributed by atoms with Crippen LogP contribution in [0.5, 0.6) is 0 Å². The Hall–Kier alpha value is -1.21. The zero-order chi connectivity index (χ0) is 23.8. The lowest BCUT2D eigenvalue weighted by Gasteiger charge is -2.47. The quantitative estimate of drug-likeness (QED) is 0.317. The average Bonchev–Trinajstić information content (AvgIpc) is 2.74. The van der Waals surface area contributed by atoms with E-state index in [9.17, 15) is 5.26 Å². The van der Waals surface area contributed by atoms with Crippen molar-refractivity contribution in [1.82, 2.24) is 10.6 Å². The van der Waals surface area contributed by atoms with Crippen LogP contribution >= 0.6 is 0 Å². The third kappa shape index (κ3) is 7.14. The van der Waals surface area contributed by atoms with E-state index in [1.54, 1.807) is 0 Å². The molecule has 2 aliphatic rings. The fourth-order valence-corrected chi connectivity index (χ4v) is 5.06. The lowest BCUT2D eigenvalue weighted by atomic mass is 9.73. The van der Waals surface area contributed by atoms with Crippen molar-refractivity contribution in [1.29, 1.82) is 5.26 Å². The van der Waals surface area contributed by atoms with Crippen molar-refractivity contribution in [3.8, 4) is 6.07 Å². The van der Waals surface area contributed by atoms with Crippen LogP contribution in [0.2, 0.25) is 0 Å². The minimum absolute atomic E-state index is 0.00619. The van der Waals surface area contributed by atoms with E-state index in [0.717, 1.165) is 32.4 Å². The normalized spacial score (nSPS) is 36.5. The number of nitrogens with zero attached hydrogens (tertiary/aromatic N) is 1. The number of allylic oxidation sites excluding steroid dienone is 1. The van der Waals surface area contributed by atoms with Crippen molar-refractivity contribution in [3.63, 3.8) is 0 Å². The number of rotatable bonds is 11. The Bertz CT molecular complexity index is 622. The highest BCUT2D eigenvalue weighted by Crippen LogP contribution is 2.33. The summed E-state index contributed by atoms with van der Waals surface area (Å²) >= 11 is 0. The molecule has 8 heteroatoms. The van der Waals surface area contributed by atoms with Gasteiger partial charge in [0.2, 0.25) is 0 Å². The second-order valence-electron chi connectivity index (χ2n) is 9.74. The molecule has 32 heavy (non-hydrogen) atoms. The van der Waals surface area contributed by atoms with Crippen molar-refractivity contribution < 1.29 is 9.47 Å². The minimum Gasteiger partial charge on any atom is -0.382 e. The van der Waals surface area contributed by atoms with Crippen LogP contribution < -0.4 is 27.8 Å². The largest absolute Gasteiger partial charge is 0.382 e. The predicted molar refractivity (Wildman–Crippen MR) is 129 cm³/mol. The van der Waals surface area contributed by atoms with Gasteiger partial charge in [0.25, 0.3) is 0 Å². The van der Waals surface area contributed by atoms with Crippen LogP contribution in [0.1, 0.15) is 59.8 Å². The smallest absolute Gasteiger partial charge is 0.0933 e. The number of nitriles is 1. The van der Waals surface area contributed by atoms with E-state index in [1.807, 2.05) is 20.8 Å². The molecule has 1 saturated carbocycles. The summed E-state index contributed by atoms with van der Waals surface area (Å²) in [6.45, 7) is 14.0. The molecule has 1 saturated heterocycles. The molecular formula is C24H46N6O2. The summed E-state index contributed by atoms with van der Waals surface area (Å²) in [6.07, 6.45) is 3.95. The van der Waals surface area contributed by atoms with Crippen molar-refractivity contribution in [2.75, 3.05) is 13.1 Å². The molecule has 2 fully saturated rings. The topological polar surface area (TPSA) is 144 Å². The fourth-order valence-electron chi connectivity index (χ4n) is 5.06. The summed E-state index contributed by atoms with van der Waals surface area (Å²) in [5, 5.41) is 16.2. The summed E-state index contributed by atoms with van der Waals surface area (Å²) in [4.78, 5) is 0.